The predicted molar refractivity (Wildman–Crippen MR) is 118 cm³/mol. The number of allylic oxidation sites excluding steroid dienone is 1. The van der Waals surface area contributed by atoms with Crippen LogP contribution in [0.15, 0.2) is 59.3 Å². The second kappa shape index (κ2) is 6.86. The smallest absolute Gasteiger partial charge is 0.337 e. The number of ether oxygens (including phenoxy) is 1. The highest BCUT2D eigenvalue weighted by molar-refractivity contribution is 6.31. The van der Waals surface area contributed by atoms with E-state index >= 15 is 0 Å². The number of carbonyl (C=O) groups excluding carboxylic acids is 3. The van der Waals surface area contributed by atoms with Crippen molar-refractivity contribution in [3.63, 3.8) is 0 Å². The van der Waals surface area contributed by atoms with Crippen molar-refractivity contribution in [2.45, 2.75) is 19.3 Å². The fourth-order valence-electron chi connectivity index (χ4n) is 5.12. The summed E-state index contributed by atoms with van der Waals surface area (Å²) in [7, 11) is 1.48. The van der Waals surface area contributed by atoms with Gasteiger partial charge in [0.2, 0.25) is 5.91 Å². The number of nitro groups is 1. The first-order chi connectivity index (χ1) is 15.7. The van der Waals surface area contributed by atoms with Crippen LogP contribution in [0.2, 0.25) is 0 Å². The molecule has 1 aliphatic carbocycles. The molecule has 1 N–H and O–H groups in total. The average molecular weight is 445 g/mol. The van der Waals surface area contributed by atoms with Gasteiger partial charge in [0.05, 0.1) is 28.5 Å². The first-order valence-corrected chi connectivity index (χ1v) is 10.4. The molecule has 1 unspecified atom stereocenters. The molecule has 9 nitrogen and oxygen atoms in total. The number of anilines is 1. The zero-order valence-corrected chi connectivity index (χ0v) is 18.1. The normalized spacial score (nSPS) is 20.6. The maximum atomic E-state index is 14.0. The van der Waals surface area contributed by atoms with Gasteiger partial charge >= 0.3 is 5.97 Å². The molecular weight excluding hydrogens is 426 g/mol. The minimum absolute atomic E-state index is 0.00806. The van der Waals surface area contributed by atoms with Crippen LogP contribution in [0, 0.1) is 10.1 Å². The Kier molecular flexibility index (Phi) is 4.29. The number of esters is 1. The molecule has 1 spiro atoms. The summed E-state index contributed by atoms with van der Waals surface area (Å²) in [6, 6.07) is 11.0. The van der Waals surface area contributed by atoms with E-state index < -0.39 is 22.2 Å². The van der Waals surface area contributed by atoms with Crippen LogP contribution >= 0.6 is 0 Å². The minimum Gasteiger partial charge on any atom is -0.463 e. The van der Waals surface area contributed by atoms with E-state index in [4.69, 9.17) is 4.74 Å². The fourth-order valence-corrected chi connectivity index (χ4v) is 5.12. The Morgan fingerprint density at radius 1 is 1.18 bits per heavy atom. The van der Waals surface area contributed by atoms with E-state index in [1.54, 1.807) is 38.1 Å². The molecule has 0 radical (unpaired) electrons. The Morgan fingerprint density at radius 2 is 1.88 bits per heavy atom. The van der Waals surface area contributed by atoms with Crippen molar-refractivity contribution in [1.29, 1.82) is 0 Å². The lowest BCUT2D eigenvalue weighted by Crippen LogP contribution is -2.49. The third-order valence-corrected chi connectivity index (χ3v) is 6.42. The van der Waals surface area contributed by atoms with E-state index in [1.807, 2.05) is 0 Å². The number of likely N-dealkylation sites (N-methyl/N-ethyl adjacent to an activating group) is 1. The van der Waals surface area contributed by atoms with Crippen LogP contribution in [0.1, 0.15) is 35.3 Å². The summed E-state index contributed by atoms with van der Waals surface area (Å²) < 4.78 is 5.31. The number of benzene rings is 2. The molecule has 0 fully saturated rings. The lowest BCUT2D eigenvalue weighted by molar-refractivity contribution is -0.384. The Morgan fingerprint density at radius 3 is 2.55 bits per heavy atom. The van der Waals surface area contributed by atoms with Gasteiger partial charge in [-0.1, -0.05) is 24.3 Å². The van der Waals surface area contributed by atoms with Crippen molar-refractivity contribution in [3.05, 3.63) is 86.1 Å². The van der Waals surface area contributed by atoms with Gasteiger partial charge in [0.1, 0.15) is 5.41 Å². The number of hydrogen-bond acceptors (Lipinski definition) is 7. The van der Waals surface area contributed by atoms with Gasteiger partial charge < -0.3 is 15.0 Å². The minimum atomic E-state index is -1.79. The molecule has 3 aliphatic rings. The highest BCUT2D eigenvalue weighted by Gasteiger charge is 2.63. The number of ketones is 1. The van der Waals surface area contributed by atoms with E-state index in [1.165, 1.54) is 30.1 Å². The Balaban J connectivity index is 1.89. The molecule has 2 aliphatic heterocycles. The van der Waals surface area contributed by atoms with Crippen molar-refractivity contribution < 1.29 is 24.0 Å². The lowest BCUT2D eigenvalue weighted by Gasteiger charge is -2.36. The maximum absolute atomic E-state index is 14.0. The van der Waals surface area contributed by atoms with Gasteiger partial charge in [0.25, 0.3) is 5.69 Å². The molecule has 166 valence electrons. The summed E-state index contributed by atoms with van der Waals surface area (Å²) in [6.07, 6.45) is 0. The molecule has 2 aromatic rings. The van der Waals surface area contributed by atoms with E-state index in [0.717, 1.165) is 0 Å². The molecule has 1 atom stereocenters. The molecular formula is C24H19N3O6. The second-order valence-corrected chi connectivity index (χ2v) is 8.04. The van der Waals surface area contributed by atoms with Crippen LogP contribution in [-0.2, 0) is 19.7 Å². The summed E-state index contributed by atoms with van der Waals surface area (Å²) in [5.74, 6) is -1.66. The van der Waals surface area contributed by atoms with Gasteiger partial charge in [-0.05, 0) is 19.9 Å². The lowest BCUT2D eigenvalue weighted by atomic mass is 9.66. The van der Waals surface area contributed by atoms with Crippen LogP contribution in [0.5, 0.6) is 0 Å². The number of amides is 1. The van der Waals surface area contributed by atoms with Crippen LogP contribution < -0.4 is 10.2 Å². The number of fused-ring (bicyclic) bond motifs is 5. The summed E-state index contributed by atoms with van der Waals surface area (Å²) >= 11 is 0. The number of carbonyl (C=O) groups is 3. The highest BCUT2D eigenvalue weighted by atomic mass is 16.6. The molecule has 1 amide bonds. The number of Topliss-reactive ketones (excluding diaryl/α,β-unsaturated/α-hetero) is 1. The van der Waals surface area contributed by atoms with Gasteiger partial charge in [0, 0.05) is 47.1 Å². The van der Waals surface area contributed by atoms with E-state index in [0.29, 0.717) is 28.1 Å². The third-order valence-electron chi connectivity index (χ3n) is 6.42. The summed E-state index contributed by atoms with van der Waals surface area (Å²) in [4.78, 5) is 53.1. The van der Waals surface area contributed by atoms with E-state index in [2.05, 4.69) is 5.32 Å². The van der Waals surface area contributed by atoms with Crippen molar-refractivity contribution in [1.82, 2.24) is 5.32 Å². The van der Waals surface area contributed by atoms with Crippen LogP contribution in [-0.4, -0.2) is 36.2 Å². The monoisotopic (exact) mass is 445 g/mol. The summed E-state index contributed by atoms with van der Waals surface area (Å²) in [6.45, 7) is 3.38. The maximum Gasteiger partial charge on any atom is 0.337 e. The van der Waals surface area contributed by atoms with Crippen molar-refractivity contribution in [2.24, 2.45) is 0 Å². The molecule has 2 aromatic carbocycles. The molecule has 9 heteroatoms. The summed E-state index contributed by atoms with van der Waals surface area (Å²) in [5.41, 5.74) is 0.622. The van der Waals surface area contributed by atoms with E-state index in [-0.39, 0.29) is 34.9 Å². The SMILES string of the molecule is CCOC(=O)C1=C(C)NC2=C(C(=O)c3ccccc32)C12C(=O)N(C)c1cc([N+](=O)[O-])ccc12. The fraction of sp³-hybridized carbons (Fsp3) is 0.208. The Hall–Kier alpha value is -4.27. The number of nitro benzene ring substituents is 1. The van der Waals surface area contributed by atoms with Gasteiger partial charge in [0.15, 0.2) is 5.78 Å². The van der Waals surface area contributed by atoms with Crippen molar-refractivity contribution >= 4 is 34.7 Å². The second-order valence-electron chi connectivity index (χ2n) is 8.04. The first kappa shape index (κ1) is 20.6. The van der Waals surface area contributed by atoms with E-state index in [9.17, 15) is 24.5 Å². The van der Waals surface area contributed by atoms with Crippen LogP contribution in [0.4, 0.5) is 11.4 Å². The molecule has 0 saturated carbocycles. The number of nitrogens with one attached hydrogen (secondary N) is 1. The number of hydrogen-bond donors (Lipinski definition) is 1. The van der Waals surface area contributed by atoms with Gasteiger partial charge in [-0.2, -0.15) is 0 Å². The highest BCUT2D eigenvalue weighted by Crippen LogP contribution is 2.57. The Bertz CT molecular complexity index is 1370. The number of nitrogens with zero attached hydrogens (tertiary/aromatic N) is 2. The molecule has 0 bridgehead atoms. The van der Waals surface area contributed by atoms with Gasteiger partial charge in [-0.25, -0.2) is 4.79 Å². The average Bonchev–Trinajstić information content (AvgIpc) is 3.19. The summed E-state index contributed by atoms with van der Waals surface area (Å²) in [5, 5.41) is 14.6. The van der Waals surface area contributed by atoms with Crippen molar-refractivity contribution in [3.8, 4) is 0 Å². The number of non-ortho nitro benzene ring substituents is 1. The number of rotatable bonds is 3. The number of dihydropyridines is 1. The van der Waals surface area contributed by atoms with Crippen LogP contribution in [0.25, 0.3) is 5.70 Å². The Labute approximate surface area is 188 Å². The quantitative estimate of drug-likeness (QED) is 0.438. The first-order valence-electron chi connectivity index (χ1n) is 10.4. The van der Waals surface area contributed by atoms with Crippen molar-refractivity contribution in [2.75, 3.05) is 18.6 Å². The molecule has 0 aromatic heterocycles. The molecule has 2 heterocycles. The van der Waals surface area contributed by atoms with Crippen LogP contribution in [0.3, 0.4) is 0 Å². The van der Waals surface area contributed by atoms with Gasteiger partial charge in [-0.15, -0.1) is 0 Å². The van der Waals surface area contributed by atoms with Gasteiger partial charge in [-0.3, -0.25) is 19.7 Å². The largest absolute Gasteiger partial charge is 0.463 e. The topological polar surface area (TPSA) is 119 Å². The standard InChI is InChI=1S/C24H19N3O6/c1-4-33-22(29)18-12(2)25-20-14-7-5-6-8-15(14)21(28)19(20)24(18)16-10-9-13(27(31)32)11-17(16)26(3)23(24)30/h5-11,25H,4H2,1-3H3. The molecule has 0 saturated heterocycles. The zero-order chi connectivity index (χ0) is 23.7. The zero-order valence-electron chi connectivity index (χ0n) is 18.1. The predicted octanol–water partition coefficient (Wildman–Crippen LogP) is 2.86. The molecule has 5 rings (SSSR count). The molecule has 33 heavy (non-hydrogen) atoms. The third kappa shape index (κ3) is 2.44.